The van der Waals surface area contributed by atoms with Crippen LogP contribution in [0.2, 0.25) is 0 Å². The van der Waals surface area contributed by atoms with Crippen LogP contribution in [0.15, 0.2) is 12.7 Å². The van der Waals surface area contributed by atoms with Crippen LogP contribution in [0.4, 0.5) is 0 Å². The van der Waals surface area contributed by atoms with Crippen LogP contribution in [0.5, 0.6) is 0 Å². The van der Waals surface area contributed by atoms with Crippen molar-refractivity contribution in [2.75, 3.05) is 5.75 Å². The average molecular weight is 338 g/mol. The summed E-state index contributed by atoms with van der Waals surface area (Å²) < 4.78 is 27.3. The van der Waals surface area contributed by atoms with Gasteiger partial charge in [-0.1, -0.05) is 65.4 Å². The van der Waals surface area contributed by atoms with E-state index in [0.717, 1.165) is 6.08 Å². The van der Waals surface area contributed by atoms with Gasteiger partial charge < -0.3 is 0 Å². The van der Waals surface area contributed by atoms with Crippen molar-refractivity contribution in [3.05, 3.63) is 12.7 Å². The first-order valence-electron chi connectivity index (χ1n) is 8.09. The van der Waals surface area contributed by atoms with Crippen molar-refractivity contribution in [2.24, 2.45) is 0 Å². The summed E-state index contributed by atoms with van der Waals surface area (Å²) in [5.74, 6) is -0.368. The number of hydrogen-bond acceptors (Lipinski definition) is 2. The predicted molar refractivity (Wildman–Crippen MR) is 97.6 cm³/mol. The van der Waals surface area contributed by atoms with Gasteiger partial charge >= 0.3 is 0 Å². The third kappa shape index (κ3) is 18.0. The molecule has 0 aromatic carbocycles. The Morgan fingerprint density at radius 2 is 1.33 bits per heavy atom. The number of unbranched alkanes of at least 4 members (excludes halogenated alkanes) is 3. The quantitative estimate of drug-likeness (QED) is 0.319. The van der Waals surface area contributed by atoms with Crippen molar-refractivity contribution in [1.29, 1.82) is 0 Å². The Kier molecular flexibility index (Phi) is 15.3. The molecule has 3 nitrogen and oxygen atoms in total. The van der Waals surface area contributed by atoms with Crippen molar-refractivity contribution in [3.63, 3.8) is 0 Å². The van der Waals surface area contributed by atoms with Gasteiger partial charge in [0.25, 0.3) is 10.1 Å². The van der Waals surface area contributed by atoms with Gasteiger partial charge in [0.1, 0.15) is 0 Å². The highest BCUT2D eigenvalue weighted by atomic mass is 32.2. The van der Waals surface area contributed by atoms with E-state index in [0.29, 0.717) is 5.16 Å². The van der Waals surface area contributed by atoms with Gasteiger partial charge in [-0.15, -0.1) is 15.8 Å². The highest BCUT2D eigenvalue weighted by Gasteiger charge is 2.22. The van der Waals surface area contributed by atoms with E-state index >= 15 is 0 Å². The molecule has 1 N–H and O–H groups in total. The van der Waals surface area contributed by atoms with E-state index in [2.05, 4.69) is 36.6 Å². The van der Waals surface area contributed by atoms with Crippen molar-refractivity contribution >= 4 is 19.4 Å². The lowest BCUT2D eigenvalue weighted by molar-refractivity contribution is 0.424. The predicted octanol–water partition coefficient (Wildman–Crippen LogP) is 5.23. The molecular formula is C16H35O3PS. The van der Waals surface area contributed by atoms with Crippen molar-refractivity contribution in [2.45, 2.75) is 83.7 Å². The van der Waals surface area contributed by atoms with Crippen LogP contribution in [0.3, 0.4) is 0 Å². The molecule has 0 fully saturated rings. The molecule has 0 aromatic rings. The molecule has 0 aliphatic carbocycles. The summed E-state index contributed by atoms with van der Waals surface area (Å²) in [6, 6.07) is 0. The zero-order valence-corrected chi connectivity index (χ0v) is 16.1. The maximum Gasteiger partial charge on any atom is 0.268 e. The molecular weight excluding hydrogens is 303 g/mol. The Morgan fingerprint density at radius 3 is 1.48 bits per heavy atom. The van der Waals surface area contributed by atoms with Crippen molar-refractivity contribution in [1.82, 2.24) is 0 Å². The minimum atomic E-state index is -3.79. The highest BCUT2D eigenvalue weighted by Crippen LogP contribution is 2.36. The molecule has 0 spiro atoms. The van der Waals surface area contributed by atoms with Gasteiger partial charge in [0, 0.05) is 0 Å². The number of hydrogen-bond donors (Lipinski definition) is 1. The fraction of sp³-hybridized carbons (Fsp3) is 0.875. The first-order chi connectivity index (χ1) is 9.74. The average Bonchev–Trinajstić information content (AvgIpc) is 2.40. The first kappa shape index (κ1) is 23.3. The van der Waals surface area contributed by atoms with Gasteiger partial charge in [0.2, 0.25) is 0 Å². The van der Waals surface area contributed by atoms with Crippen LogP contribution in [0.25, 0.3) is 0 Å². The monoisotopic (exact) mass is 338 g/mol. The van der Waals surface area contributed by atoms with Gasteiger partial charge in [0.05, 0.1) is 5.75 Å². The van der Waals surface area contributed by atoms with E-state index in [1.54, 1.807) is 0 Å². The molecule has 1 atom stereocenters. The van der Waals surface area contributed by atoms with Crippen LogP contribution in [0.1, 0.15) is 78.6 Å². The molecule has 0 amide bonds. The van der Waals surface area contributed by atoms with E-state index in [1.807, 2.05) is 0 Å². The Labute approximate surface area is 134 Å². The van der Waals surface area contributed by atoms with Crippen molar-refractivity contribution in [3.8, 4) is 0 Å². The smallest absolute Gasteiger partial charge is 0.268 e. The van der Waals surface area contributed by atoms with Gasteiger partial charge in [-0.2, -0.15) is 8.42 Å². The number of rotatable bonds is 11. The van der Waals surface area contributed by atoms with Gasteiger partial charge in [-0.3, -0.25) is 4.55 Å². The normalized spacial score (nSPS) is 11.7. The third-order valence-electron chi connectivity index (χ3n) is 3.41. The maximum atomic E-state index is 9.72. The lowest BCUT2D eigenvalue weighted by atomic mass is 9.90. The molecule has 5 heteroatoms. The molecule has 21 heavy (non-hydrogen) atoms. The maximum absolute atomic E-state index is 9.72. The zero-order chi connectivity index (χ0) is 16.8. The summed E-state index contributed by atoms with van der Waals surface area (Å²) in [7, 11) is -0.626. The lowest BCUT2D eigenvalue weighted by Gasteiger charge is -2.29. The van der Waals surface area contributed by atoms with Crippen LogP contribution in [0, 0.1) is 0 Å². The molecule has 1 unspecified atom stereocenters. The molecule has 0 rings (SSSR count). The van der Waals surface area contributed by atoms with Crippen LogP contribution in [-0.2, 0) is 10.1 Å². The largest absolute Gasteiger partial charge is 0.285 e. The van der Waals surface area contributed by atoms with E-state index in [-0.39, 0.29) is 5.75 Å². The summed E-state index contributed by atoms with van der Waals surface area (Å²) in [6.45, 7) is 10.00. The molecule has 0 radical (unpaired) electrons. The second kappa shape index (κ2) is 13.7. The van der Waals surface area contributed by atoms with Gasteiger partial charge in [-0.25, -0.2) is 0 Å². The Balaban J connectivity index is 0. The summed E-state index contributed by atoms with van der Waals surface area (Å²) in [4.78, 5) is 0. The fourth-order valence-corrected chi connectivity index (χ4v) is 3.02. The Bertz CT molecular complexity index is 318. The highest BCUT2D eigenvalue weighted by molar-refractivity contribution is 7.85. The van der Waals surface area contributed by atoms with E-state index in [1.165, 1.54) is 57.8 Å². The molecule has 0 saturated carbocycles. The SMILES string of the molecule is C=CCS(=O)(=O)O.CCCCC(P)(CCCC)CCCC. The summed E-state index contributed by atoms with van der Waals surface area (Å²) in [5.41, 5.74) is 0. The minimum Gasteiger partial charge on any atom is -0.285 e. The second-order valence-electron chi connectivity index (χ2n) is 5.71. The van der Waals surface area contributed by atoms with Crippen LogP contribution >= 0.6 is 9.24 Å². The molecule has 128 valence electrons. The summed E-state index contributed by atoms with van der Waals surface area (Å²) in [6.07, 6.45) is 13.6. The standard InChI is InChI=1S/C13H29P.C3H6O3S/c1-4-7-10-13(14,11-8-5-2)12-9-6-3;1-2-3-7(4,5)6/h4-12,14H2,1-3H3;2H,1,3H2,(H,4,5,6). The Morgan fingerprint density at radius 1 is 1.00 bits per heavy atom. The van der Waals surface area contributed by atoms with E-state index in [9.17, 15) is 8.42 Å². The third-order valence-corrected chi connectivity index (χ3v) is 4.94. The molecule has 0 heterocycles. The van der Waals surface area contributed by atoms with Gasteiger partial charge in [0.15, 0.2) is 0 Å². The Hall–Kier alpha value is 0.0800. The van der Waals surface area contributed by atoms with Crippen molar-refractivity contribution < 1.29 is 13.0 Å². The minimum absolute atomic E-state index is 0.368. The molecule has 0 aliphatic rings. The fourth-order valence-electron chi connectivity index (χ4n) is 2.11. The molecule has 0 bridgehead atoms. The molecule has 0 aromatic heterocycles. The van der Waals surface area contributed by atoms with Crippen LogP contribution in [-0.4, -0.2) is 23.9 Å². The van der Waals surface area contributed by atoms with Crippen LogP contribution < -0.4 is 0 Å². The van der Waals surface area contributed by atoms with E-state index in [4.69, 9.17) is 4.55 Å². The van der Waals surface area contributed by atoms with Gasteiger partial charge in [-0.05, 0) is 24.4 Å². The zero-order valence-electron chi connectivity index (χ0n) is 14.1. The topological polar surface area (TPSA) is 54.4 Å². The van der Waals surface area contributed by atoms with E-state index < -0.39 is 10.1 Å². The second-order valence-corrected chi connectivity index (χ2v) is 8.43. The summed E-state index contributed by atoms with van der Waals surface area (Å²) >= 11 is 0. The molecule has 0 aliphatic heterocycles. The first-order valence-corrected chi connectivity index (χ1v) is 10.3. The lowest BCUT2D eigenvalue weighted by Crippen LogP contribution is -2.20. The summed E-state index contributed by atoms with van der Waals surface area (Å²) in [5, 5.41) is 0.571. The molecule has 0 saturated heterocycles.